The summed E-state index contributed by atoms with van der Waals surface area (Å²) in [7, 11) is 0. The molecule has 0 spiro atoms. The Balaban J connectivity index is 1.67. The smallest absolute Gasteiger partial charge is 0.226 e. The van der Waals surface area contributed by atoms with Crippen LogP contribution in [0.2, 0.25) is 0 Å². The van der Waals surface area contributed by atoms with Gasteiger partial charge < -0.3 is 10.1 Å². The number of carbonyl (C=O) groups is 1. The third-order valence-electron chi connectivity index (χ3n) is 2.98. The molecule has 5 nitrogen and oxygen atoms in total. The molecule has 0 aliphatic heterocycles. The molecule has 0 fully saturated rings. The molecule has 0 aliphatic carbocycles. The van der Waals surface area contributed by atoms with Crippen LogP contribution in [0, 0.1) is 6.92 Å². The van der Waals surface area contributed by atoms with Crippen molar-refractivity contribution in [3.8, 4) is 5.75 Å². The van der Waals surface area contributed by atoms with Crippen molar-refractivity contribution in [1.82, 2.24) is 10.2 Å². The van der Waals surface area contributed by atoms with Crippen LogP contribution in [0.1, 0.15) is 31.7 Å². The van der Waals surface area contributed by atoms with E-state index in [-0.39, 0.29) is 5.91 Å². The number of aromatic nitrogens is 2. The number of benzene rings is 1. The molecule has 0 unspecified atom stereocenters. The Morgan fingerprint density at radius 3 is 2.96 bits per heavy atom. The molecule has 0 radical (unpaired) electrons. The molecule has 0 saturated carbocycles. The average molecular weight is 351 g/mol. The fourth-order valence-corrected chi connectivity index (χ4v) is 3.52. The molecule has 0 atom stereocenters. The van der Waals surface area contributed by atoms with Gasteiger partial charge in [0.25, 0.3) is 0 Å². The summed E-state index contributed by atoms with van der Waals surface area (Å²) in [6.07, 6.45) is 2.16. The topological polar surface area (TPSA) is 64.1 Å². The Morgan fingerprint density at radius 2 is 2.17 bits per heavy atom. The maximum absolute atomic E-state index is 11.9. The van der Waals surface area contributed by atoms with Crippen molar-refractivity contribution in [2.24, 2.45) is 0 Å². The number of hydrogen-bond acceptors (Lipinski definition) is 6. The number of aryl methyl sites for hydroxylation is 1. The lowest BCUT2D eigenvalue weighted by atomic mass is 10.2. The Hall–Kier alpha value is -1.60. The van der Waals surface area contributed by atoms with Crippen molar-refractivity contribution < 1.29 is 9.53 Å². The number of hydrogen-bond donors (Lipinski definition) is 1. The van der Waals surface area contributed by atoms with Gasteiger partial charge in [0.2, 0.25) is 11.0 Å². The summed E-state index contributed by atoms with van der Waals surface area (Å²) in [5.41, 5.74) is 1.10. The van der Waals surface area contributed by atoms with Crippen molar-refractivity contribution in [2.45, 2.75) is 37.4 Å². The molecule has 0 saturated heterocycles. The molecule has 2 rings (SSSR count). The third kappa shape index (κ3) is 6.19. The molecule has 1 aromatic carbocycles. The van der Waals surface area contributed by atoms with Gasteiger partial charge in [0.1, 0.15) is 5.75 Å². The van der Waals surface area contributed by atoms with Crippen LogP contribution in [-0.4, -0.2) is 28.5 Å². The van der Waals surface area contributed by atoms with Crippen LogP contribution < -0.4 is 10.1 Å². The van der Waals surface area contributed by atoms with Crippen molar-refractivity contribution >= 4 is 34.1 Å². The predicted molar refractivity (Wildman–Crippen MR) is 95.5 cm³/mol. The first-order chi connectivity index (χ1) is 11.2. The molecule has 2 aromatic rings. The van der Waals surface area contributed by atoms with Crippen LogP contribution in [0.15, 0.2) is 28.6 Å². The first-order valence-corrected chi connectivity index (χ1v) is 9.44. The predicted octanol–water partition coefficient (Wildman–Crippen LogP) is 4.15. The van der Waals surface area contributed by atoms with E-state index < -0.39 is 0 Å². The van der Waals surface area contributed by atoms with Gasteiger partial charge in [0.15, 0.2) is 4.34 Å². The fraction of sp³-hybridized carbons (Fsp3) is 0.438. The van der Waals surface area contributed by atoms with E-state index in [0.29, 0.717) is 24.6 Å². The van der Waals surface area contributed by atoms with Gasteiger partial charge in [-0.2, -0.15) is 0 Å². The number of amides is 1. The average Bonchev–Trinajstić information content (AvgIpc) is 2.98. The molecule has 1 N–H and O–H groups in total. The number of anilines is 1. The van der Waals surface area contributed by atoms with Gasteiger partial charge in [0, 0.05) is 12.2 Å². The molecule has 1 heterocycles. The van der Waals surface area contributed by atoms with E-state index in [2.05, 4.69) is 22.4 Å². The first-order valence-electron chi connectivity index (χ1n) is 7.63. The molecule has 124 valence electrons. The van der Waals surface area contributed by atoms with Crippen LogP contribution in [0.5, 0.6) is 5.75 Å². The number of nitrogens with zero attached hydrogens (tertiary/aromatic N) is 2. The lowest BCUT2D eigenvalue weighted by Crippen LogP contribution is -2.12. The number of thioether (sulfide) groups is 1. The van der Waals surface area contributed by atoms with E-state index in [0.717, 1.165) is 27.8 Å². The molecular formula is C16H21N3O2S2. The van der Waals surface area contributed by atoms with Crippen LogP contribution in [0.4, 0.5) is 5.13 Å². The van der Waals surface area contributed by atoms with Gasteiger partial charge in [-0.05, 0) is 31.4 Å². The summed E-state index contributed by atoms with van der Waals surface area (Å²) in [5.74, 6) is 1.83. The normalized spacial score (nSPS) is 10.5. The lowest BCUT2D eigenvalue weighted by molar-refractivity contribution is -0.116. The summed E-state index contributed by atoms with van der Waals surface area (Å²) < 4.78 is 6.57. The number of para-hydroxylation sites is 1. The second-order valence-corrected chi connectivity index (χ2v) is 7.31. The fourth-order valence-electron chi connectivity index (χ4n) is 1.82. The molecule has 0 bridgehead atoms. The third-order valence-corrected chi connectivity index (χ3v) is 5.16. The standard InChI is InChI=1S/C16H21N3O2S2/c1-3-11-22-16-19-18-15(23-16)17-14(20)9-6-10-21-13-8-5-4-7-12(13)2/h4-5,7-8H,3,6,9-11H2,1-2H3,(H,17,18,20). The number of rotatable bonds is 9. The van der Waals surface area contributed by atoms with Crippen LogP contribution in [0.25, 0.3) is 0 Å². The van der Waals surface area contributed by atoms with Crippen LogP contribution in [0.3, 0.4) is 0 Å². The highest BCUT2D eigenvalue weighted by molar-refractivity contribution is 8.01. The zero-order valence-electron chi connectivity index (χ0n) is 13.4. The maximum Gasteiger partial charge on any atom is 0.226 e. The zero-order valence-corrected chi connectivity index (χ0v) is 15.0. The summed E-state index contributed by atoms with van der Waals surface area (Å²) in [4.78, 5) is 11.9. The minimum Gasteiger partial charge on any atom is -0.493 e. The Bertz CT molecular complexity index is 631. The lowest BCUT2D eigenvalue weighted by Gasteiger charge is -2.08. The maximum atomic E-state index is 11.9. The van der Waals surface area contributed by atoms with Gasteiger partial charge in [0.05, 0.1) is 6.61 Å². The number of nitrogens with one attached hydrogen (secondary N) is 1. The highest BCUT2D eigenvalue weighted by Crippen LogP contribution is 2.25. The van der Waals surface area contributed by atoms with Gasteiger partial charge in [-0.3, -0.25) is 4.79 Å². The minimum absolute atomic E-state index is 0.0541. The second-order valence-electron chi connectivity index (χ2n) is 4.99. The largest absolute Gasteiger partial charge is 0.493 e. The van der Waals surface area contributed by atoms with E-state index in [1.54, 1.807) is 11.8 Å². The summed E-state index contributed by atoms with van der Waals surface area (Å²) in [6, 6.07) is 7.86. The monoisotopic (exact) mass is 351 g/mol. The van der Waals surface area contributed by atoms with Gasteiger partial charge in [-0.1, -0.05) is 48.2 Å². The molecule has 1 amide bonds. The zero-order chi connectivity index (χ0) is 16.5. The van der Waals surface area contributed by atoms with Crippen molar-refractivity contribution in [1.29, 1.82) is 0 Å². The SMILES string of the molecule is CCCSc1nnc(NC(=O)CCCOc2ccccc2C)s1. The first kappa shape index (κ1) is 17.7. The summed E-state index contributed by atoms with van der Waals surface area (Å²) in [5, 5.41) is 11.4. The Labute approximate surface area is 144 Å². The van der Waals surface area contributed by atoms with E-state index in [9.17, 15) is 4.79 Å². The van der Waals surface area contributed by atoms with E-state index in [1.165, 1.54) is 11.3 Å². The second kappa shape index (κ2) is 9.52. The molecule has 23 heavy (non-hydrogen) atoms. The number of ether oxygens (including phenoxy) is 1. The quantitative estimate of drug-likeness (QED) is 0.418. The van der Waals surface area contributed by atoms with Gasteiger partial charge in [-0.15, -0.1) is 10.2 Å². The summed E-state index contributed by atoms with van der Waals surface area (Å²) >= 11 is 3.08. The Kier molecular flexibility index (Phi) is 7.35. The van der Waals surface area contributed by atoms with E-state index >= 15 is 0 Å². The minimum atomic E-state index is -0.0541. The van der Waals surface area contributed by atoms with Crippen molar-refractivity contribution in [3.63, 3.8) is 0 Å². The molecule has 1 aromatic heterocycles. The molecule has 7 heteroatoms. The van der Waals surface area contributed by atoms with Crippen LogP contribution >= 0.6 is 23.1 Å². The van der Waals surface area contributed by atoms with E-state index in [4.69, 9.17) is 4.74 Å². The highest BCUT2D eigenvalue weighted by Gasteiger charge is 2.08. The van der Waals surface area contributed by atoms with Gasteiger partial charge >= 0.3 is 0 Å². The summed E-state index contributed by atoms with van der Waals surface area (Å²) in [6.45, 7) is 4.65. The van der Waals surface area contributed by atoms with E-state index in [1.807, 2.05) is 31.2 Å². The Morgan fingerprint density at radius 1 is 1.35 bits per heavy atom. The van der Waals surface area contributed by atoms with Crippen LogP contribution in [-0.2, 0) is 4.79 Å². The van der Waals surface area contributed by atoms with Crippen molar-refractivity contribution in [2.75, 3.05) is 17.7 Å². The van der Waals surface area contributed by atoms with Crippen molar-refractivity contribution in [3.05, 3.63) is 29.8 Å². The molecule has 0 aliphatic rings. The van der Waals surface area contributed by atoms with Gasteiger partial charge in [-0.25, -0.2) is 0 Å². The number of carbonyl (C=O) groups excluding carboxylic acids is 1. The molecular weight excluding hydrogens is 330 g/mol. The highest BCUT2D eigenvalue weighted by atomic mass is 32.2.